The van der Waals surface area contributed by atoms with Crippen LogP contribution in [0.25, 0.3) is 0 Å². The van der Waals surface area contributed by atoms with E-state index in [1.807, 2.05) is 6.92 Å². The number of amides is 1. The highest BCUT2D eigenvalue weighted by atomic mass is 19.1. The van der Waals surface area contributed by atoms with Gasteiger partial charge in [0.15, 0.2) is 0 Å². The first-order chi connectivity index (χ1) is 10.1. The molecule has 1 aromatic carbocycles. The molecule has 0 saturated carbocycles. The van der Waals surface area contributed by atoms with Crippen molar-refractivity contribution in [2.75, 3.05) is 6.54 Å². The van der Waals surface area contributed by atoms with Gasteiger partial charge < -0.3 is 0 Å². The Balaban J connectivity index is 2.08. The smallest absolute Gasteiger partial charge is 0.244 e. The summed E-state index contributed by atoms with van der Waals surface area (Å²) in [5.41, 5.74) is 3.76. The lowest BCUT2D eigenvalue weighted by Crippen LogP contribution is -2.43. The minimum atomic E-state index is -0.327. The second-order valence-corrected chi connectivity index (χ2v) is 5.41. The maximum Gasteiger partial charge on any atom is 0.244 e. The maximum atomic E-state index is 13.2. The van der Waals surface area contributed by atoms with Crippen LogP contribution in [0.2, 0.25) is 0 Å². The number of nitrogens with zero attached hydrogens (tertiary/aromatic N) is 1. The highest BCUT2D eigenvalue weighted by molar-refractivity contribution is 5.99. The van der Waals surface area contributed by atoms with Crippen molar-refractivity contribution in [2.45, 2.75) is 39.2 Å². The van der Waals surface area contributed by atoms with Gasteiger partial charge in [0.05, 0.1) is 13.0 Å². The van der Waals surface area contributed by atoms with Crippen LogP contribution in [0.15, 0.2) is 24.3 Å². The predicted octanol–water partition coefficient (Wildman–Crippen LogP) is 2.44. The van der Waals surface area contributed by atoms with Crippen molar-refractivity contribution in [1.82, 2.24) is 10.4 Å². The van der Waals surface area contributed by atoms with Gasteiger partial charge in [-0.3, -0.25) is 14.6 Å². The van der Waals surface area contributed by atoms with E-state index in [2.05, 4.69) is 5.43 Å². The molecule has 2 rings (SSSR count). The molecule has 1 aliphatic heterocycles. The van der Waals surface area contributed by atoms with Crippen molar-refractivity contribution in [3.8, 4) is 0 Å². The molecule has 0 unspecified atom stereocenters. The summed E-state index contributed by atoms with van der Waals surface area (Å²) in [6.45, 7) is 2.88. The van der Waals surface area contributed by atoms with Crippen LogP contribution in [0.4, 0.5) is 4.39 Å². The Kier molecular flexibility index (Phi) is 5.44. The van der Waals surface area contributed by atoms with Gasteiger partial charge in [-0.05, 0) is 37.0 Å². The van der Waals surface area contributed by atoms with E-state index in [0.717, 1.165) is 19.3 Å². The summed E-state index contributed by atoms with van der Waals surface area (Å²) in [5, 5.41) is 1.44. The molecule has 0 aliphatic carbocycles. The normalized spacial score (nSPS) is 20.9. The highest BCUT2D eigenvalue weighted by Gasteiger charge is 2.24. The molecule has 1 atom stereocenters. The molecule has 114 valence electrons. The quantitative estimate of drug-likeness (QED) is 0.871. The van der Waals surface area contributed by atoms with Crippen molar-refractivity contribution in [3.05, 3.63) is 35.6 Å². The van der Waals surface area contributed by atoms with E-state index in [1.165, 1.54) is 17.1 Å². The number of hydrogen-bond donors (Lipinski definition) is 1. The van der Waals surface area contributed by atoms with E-state index < -0.39 is 0 Å². The number of hydrogen-bond acceptors (Lipinski definition) is 3. The number of rotatable bonds is 3. The molecule has 0 spiro atoms. The third kappa shape index (κ3) is 4.36. The summed E-state index contributed by atoms with van der Waals surface area (Å²) in [7, 11) is 0. The van der Waals surface area contributed by atoms with Crippen LogP contribution < -0.4 is 5.43 Å². The molecule has 1 aromatic rings. The van der Waals surface area contributed by atoms with Crippen LogP contribution in [0, 0.1) is 11.7 Å². The lowest BCUT2D eigenvalue weighted by Gasteiger charge is -2.22. The van der Waals surface area contributed by atoms with E-state index in [1.54, 1.807) is 12.1 Å². The topological polar surface area (TPSA) is 49.4 Å². The lowest BCUT2D eigenvalue weighted by molar-refractivity contribution is -0.139. The second kappa shape index (κ2) is 7.31. The van der Waals surface area contributed by atoms with Crippen molar-refractivity contribution < 1.29 is 14.0 Å². The number of carbonyl (C=O) groups excluding carboxylic acids is 2. The van der Waals surface area contributed by atoms with Crippen molar-refractivity contribution in [1.29, 1.82) is 0 Å². The second-order valence-electron chi connectivity index (χ2n) is 5.41. The Morgan fingerprint density at radius 3 is 2.90 bits per heavy atom. The molecule has 1 heterocycles. The van der Waals surface area contributed by atoms with Crippen LogP contribution in [-0.2, 0) is 16.1 Å². The molecule has 0 aromatic heterocycles. The van der Waals surface area contributed by atoms with Gasteiger partial charge in [-0.25, -0.2) is 9.82 Å². The van der Waals surface area contributed by atoms with Gasteiger partial charge in [0.25, 0.3) is 0 Å². The van der Waals surface area contributed by atoms with E-state index in [4.69, 9.17) is 0 Å². The first-order valence-electron chi connectivity index (χ1n) is 7.41. The molecule has 1 N–H and O–H groups in total. The fraction of sp³-hybridized carbons (Fsp3) is 0.500. The third-order valence-corrected chi connectivity index (χ3v) is 3.84. The molecular weight excluding hydrogens is 271 g/mol. The molecule has 1 amide bonds. The van der Waals surface area contributed by atoms with E-state index in [-0.39, 0.29) is 36.4 Å². The fourth-order valence-electron chi connectivity index (χ4n) is 2.59. The van der Waals surface area contributed by atoms with Crippen LogP contribution in [0.1, 0.15) is 38.2 Å². The maximum absolute atomic E-state index is 13.2. The van der Waals surface area contributed by atoms with Crippen LogP contribution >= 0.6 is 0 Å². The molecule has 4 nitrogen and oxygen atoms in total. The van der Waals surface area contributed by atoms with Crippen molar-refractivity contribution in [2.24, 2.45) is 5.92 Å². The minimum absolute atomic E-state index is 0.00967. The number of halogens is 1. The largest absolute Gasteiger partial charge is 0.299 e. The van der Waals surface area contributed by atoms with Crippen molar-refractivity contribution in [3.63, 3.8) is 0 Å². The standard InChI is InChI=1S/C16H21FN2O2/c1-2-13-6-4-8-18-19(16(21)10-15(13)20)11-12-5-3-7-14(17)9-12/h3,5,7,9,13,18H,2,4,6,8,10-11H2,1H3/t13-/m0/s1. The van der Waals surface area contributed by atoms with Gasteiger partial charge in [0.1, 0.15) is 11.6 Å². The summed E-state index contributed by atoms with van der Waals surface area (Å²) < 4.78 is 13.2. The Morgan fingerprint density at radius 1 is 1.38 bits per heavy atom. The zero-order chi connectivity index (χ0) is 15.2. The summed E-state index contributed by atoms with van der Waals surface area (Å²) in [4.78, 5) is 24.3. The molecule has 1 aliphatic rings. The number of carbonyl (C=O) groups is 2. The number of Topliss-reactive ketones (excluding diaryl/α,β-unsaturated/α-hetero) is 1. The van der Waals surface area contributed by atoms with Crippen LogP contribution in [0.5, 0.6) is 0 Å². The molecule has 1 fully saturated rings. The van der Waals surface area contributed by atoms with E-state index >= 15 is 0 Å². The Labute approximate surface area is 124 Å². The SMILES string of the molecule is CC[C@H]1CCCNN(Cc2cccc(F)c2)C(=O)CC1=O. The zero-order valence-electron chi connectivity index (χ0n) is 12.3. The first-order valence-corrected chi connectivity index (χ1v) is 7.41. The summed E-state index contributed by atoms with van der Waals surface area (Å²) in [6.07, 6.45) is 2.34. The summed E-state index contributed by atoms with van der Waals surface area (Å²) in [6, 6.07) is 6.15. The molecule has 0 radical (unpaired) electrons. The first kappa shape index (κ1) is 15.6. The Bertz CT molecular complexity index is 519. The van der Waals surface area contributed by atoms with Gasteiger partial charge in [0, 0.05) is 12.5 Å². The Morgan fingerprint density at radius 2 is 2.19 bits per heavy atom. The molecule has 1 saturated heterocycles. The third-order valence-electron chi connectivity index (χ3n) is 3.84. The summed E-state index contributed by atoms with van der Waals surface area (Å²) in [5.74, 6) is -0.587. The molecule has 0 bridgehead atoms. The van der Waals surface area contributed by atoms with Gasteiger partial charge in [0.2, 0.25) is 5.91 Å². The number of hydrazine groups is 1. The molecular formula is C16H21FN2O2. The average molecular weight is 292 g/mol. The summed E-state index contributed by atoms with van der Waals surface area (Å²) >= 11 is 0. The molecule has 5 heteroatoms. The van der Waals surface area contributed by atoms with Gasteiger partial charge in [-0.2, -0.15) is 0 Å². The van der Waals surface area contributed by atoms with Gasteiger partial charge in [-0.1, -0.05) is 19.1 Å². The minimum Gasteiger partial charge on any atom is -0.299 e. The fourth-order valence-corrected chi connectivity index (χ4v) is 2.59. The van der Waals surface area contributed by atoms with Crippen LogP contribution in [0.3, 0.4) is 0 Å². The monoisotopic (exact) mass is 292 g/mol. The average Bonchev–Trinajstić information content (AvgIpc) is 2.50. The molecule has 21 heavy (non-hydrogen) atoms. The zero-order valence-corrected chi connectivity index (χ0v) is 12.3. The number of ketones is 1. The van der Waals surface area contributed by atoms with Crippen molar-refractivity contribution >= 4 is 11.7 Å². The van der Waals surface area contributed by atoms with E-state index in [9.17, 15) is 14.0 Å². The highest BCUT2D eigenvalue weighted by Crippen LogP contribution is 2.17. The number of nitrogens with one attached hydrogen (secondary N) is 1. The number of benzene rings is 1. The van der Waals surface area contributed by atoms with Gasteiger partial charge in [-0.15, -0.1) is 0 Å². The predicted molar refractivity (Wildman–Crippen MR) is 77.6 cm³/mol. The van der Waals surface area contributed by atoms with Crippen LogP contribution in [-0.4, -0.2) is 23.2 Å². The Hall–Kier alpha value is -1.75. The van der Waals surface area contributed by atoms with Gasteiger partial charge >= 0.3 is 0 Å². The lowest BCUT2D eigenvalue weighted by atomic mass is 9.93. The van der Waals surface area contributed by atoms with E-state index in [0.29, 0.717) is 12.1 Å².